The predicted octanol–water partition coefficient (Wildman–Crippen LogP) is 1.27. The van der Waals surface area contributed by atoms with Gasteiger partial charge in [0.2, 0.25) is 0 Å². The molecule has 0 unspecified atom stereocenters. The molecule has 1 rings (SSSR count). The monoisotopic (exact) mass is 238 g/mol. The number of hydrogen-bond donors (Lipinski definition) is 1. The molecular weight excluding hydrogens is 216 g/mol. The van der Waals surface area contributed by atoms with Gasteiger partial charge >= 0.3 is 0 Å². The minimum absolute atomic E-state index is 0.676. The molecule has 0 radical (unpaired) electrons. The van der Waals surface area contributed by atoms with Crippen LogP contribution in [0, 0.1) is 0 Å². The quantitative estimate of drug-likeness (QED) is 0.623. The molecule has 4 heteroatoms. The van der Waals surface area contributed by atoms with E-state index in [1.165, 1.54) is 5.56 Å². The normalized spacial score (nSPS) is 10.6. The lowest BCUT2D eigenvalue weighted by atomic mass is 10.2. The number of methoxy groups -OCH3 is 1. The summed E-state index contributed by atoms with van der Waals surface area (Å²) >= 11 is 0. The van der Waals surface area contributed by atoms with Crippen molar-refractivity contribution in [1.29, 1.82) is 0 Å². The summed E-state index contributed by atoms with van der Waals surface area (Å²) < 4.78 is 10.3. The van der Waals surface area contributed by atoms with Crippen LogP contribution in [-0.4, -0.2) is 45.0 Å². The minimum Gasteiger partial charge on any atom is -0.382 e. The summed E-state index contributed by atoms with van der Waals surface area (Å²) in [6, 6.07) is 4.10. The second kappa shape index (κ2) is 10.2. The van der Waals surface area contributed by atoms with E-state index in [1.54, 1.807) is 7.11 Å². The second-order valence-corrected chi connectivity index (χ2v) is 3.81. The Bertz CT molecular complexity index is 267. The van der Waals surface area contributed by atoms with Crippen LogP contribution in [0.1, 0.15) is 12.0 Å². The van der Waals surface area contributed by atoms with Crippen molar-refractivity contribution in [1.82, 2.24) is 10.3 Å². The Labute approximate surface area is 103 Å². The zero-order valence-electron chi connectivity index (χ0n) is 10.5. The average Bonchev–Trinajstić information content (AvgIpc) is 2.38. The highest BCUT2D eigenvalue weighted by atomic mass is 16.5. The van der Waals surface area contributed by atoms with E-state index in [0.717, 1.165) is 32.5 Å². The molecule has 0 amide bonds. The smallest absolute Gasteiger partial charge is 0.0700 e. The van der Waals surface area contributed by atoms with Crippen molar-refractivity contribution in [2.45, 2.75) is 12.8 Å². The lowest BCUT2D eigenvalue weighted by Gasteiger charge is -2.05. The maximum atomic E-state index is 5.37. The van der Waals surface area contributed by atoms with Crippen LogP contribution in [0.5, 0.6) is 0 Å². The third-order valence-electron chi connectivity index (χ3n) is 2.41. The van der Waals surface area contributed by atoms with Gasteiger partial charge in [-0.05, 0) is 43.6 Å². The Balaban J connectivity index is 1.85. The summed E-state index contributed by atoms with van der Waals surface area (Å²) in [5.74, 6) is 0. The third kappa shape index (κ3) is 7.85. The fraction of sp³-hybridized carbons (Fsp3) is 0.615. The Morgan fingerprint density at radius 2 is 1.94 bits per heavy atom. The van der Waals surface area contributed by atoms with Crippen molar-refractivity contribution in [3.05, 3.63) is 30.1 Å². The molecule has 0 aromatic carbocycles. The standard InChI is InChI=1S/C13H22N2O2/c1-16-11-12-17-10-2-6-14-7-3-13-4-8-15-9-5-13/h4-5,8-9,14H,2-3,6-7,10-12H2,1H3. The third-order valence-corrected chi connectivity index (χ3v) is 2.41. The van der Waals surface area contributed by atoms with E-state index in [0.29, 0.717) is 13.2 Å². The van der Waals surface area contributed by atoms with Crippen LogP contribution in [0.3, 0.4) is 0 Å². The van der Waals surface area contributed by atoms with E-state index in [-0.39, 0.29) is 0 Å². The van der Waals surface area contributed by atoms with Crippen molar-refractivity contribution < 1.29 is 9.47 Å². The molecule has 0 atom stereocenters. The highest BCUT2D eigenvalue weighted by Gasteiger charge is 1.92. The van der Waals surface area contributed by atoms with Crippen LogP contribution in [0.15, 0.2) is 24.5 Å². The van der Waals surface area contributed by atoms with Gasteiger partial charge in [-0.15, -0.1) is 0 Å². The molecule has 0 fully saturated rings. The SMILES string of the molecule is COCCOCCCNCCc1ccncc1. The largest absolute Gasteiger partial charge is 0.382 e. The lowest BCUT2D eigenvalue weighted by Crippen LogP contribution is -2.20. The minimum atomic E-state index is 0.676. The Morgan fingerprint density at radius 1 is 1.12 bits per heavy atom. The van der Waals surface area contributed by atoms with Gasteiger partial charge in [-0.2, -0.15) is 0 Å². The Kier molecular flexibility index (Phi) is 8.46. The van der Waals surface area contributed by atoms with Gasteiger partial charge in [0.1, 0.15) is 0 Å². The van der Waals surface area contributed by atoms with Crippen molar-refractivity contribution in [3.63, 3.8) is 0 Å². The number of nitrogens with one attached hydrogen (secondary N) is 1. The number of aromatic nitrogens is 1. The van der Waals surface area contributed by atoms with Crippen molar-refractivity contribution >= 4 is 0 Å². The van der Waals surface area contributed by atoms with Gasteiger partial charge in [0.25, 0.3) is 0 Å². The number of rotatable bonds is 10. The summed E-state index contributed by atoms with van der Waals surface area (Å²) in [6.45, 7) is 4.16. The van der Waals surface area contributed by atoms with E-state index in [4.69, 9.17) is 9.47 Å². The van der Waals surface area contributed by atoms with Crippen LogP contribution >= 0.6 is 0 Å². The fourth-order valence-corrected chi connectivity index (χ4v) is 1.45. The van der Waals surface area contributed by atoms with Crippen LogP contribution in [0.2, 0.25) is 0 Å². The van der Waals surface area contributed by atoms with Crippen LogP contribution in [-0.2, 0) is 15.9 Å². The molecule has 0 saturated heterocycles. The maximum Gasteiger partial charge on any atom is 0.0700 e. The van der Waals surface area contributed by atoms with Crippen LogP contribution in [0.25, 0.3) is 0 Å². The molecule has 0 aliphatic rings. The summed E-state index contributed by atoms with van der Waals surface area (Å²) in [5.41, 5.74) is 1.32. The molecule has 1 aromatic heterocycles. The first-order chi connectivity index (χ1) is 8.43. The van der Waals surface area contributed by atoms with E-state index in [2.05, 4.69) is 22.4 Å². The van der Waals surface area contributed by atoms with Crippen molar-refractivity contribution in [2.24, 2.45) is 0 Å². The predicted molar refractivity (Wildman–Crippen MR) is 68.1 cm³/mol. The number of nitrogens with zero attached hydrogens (tertiary/aromatic N) is 1. The summed E-state index contributed by atoms with van der Waals surface area (Å²) in [7, 11) is 1.68. The number of pyridine rings is 1. The maximum absolute atomic E-state index is 5.37. The van der Waals surface area contributed by atoms with Gasteiger partial charge in [0, 0.05) is 26.1 Å². The molecule has 0 spiro atoms. The van der Waals surface area contributed by atoms with Gasteiger partial charge in [0.05, 0.1) is 13.2 Å². The summed E-state index contributed by atoms with van der Waals surface area (Å²) in [6.07, 6.45) is 5.76. The first kappa shape index (κ1) is 14.1. The zero-order chi connectivity index (χ0) is 12.2. The van der Waals surface area contributed by atoms with Gasteiger partial charge in [-0.3, -0.25) is 4.98 Å². The second-order valence-electron chi connectivity index (χ2n) is 3.81. The Hall–Kier alpha value is -0.970. The molecule has 1 N–H and O–H groups in total. The van der Waals surface area contributed by atoms with Crippen molar-refractivity contribution in [3.8, 4) is 0 Å². The molecule has 4 nitrogen and oxygen atoms in total. The van der Waals surface area contributed by atoms with Crippen molar-refractivity contribution in [2.75, 3.05) is 40.0 Å². The molecule has 96 valence electrons. The first-order valence-electron chi connectivity index (χ1n) is 6.10. The molecule has 0 bridgehead atoms. The molecule has 17 heavy (non-hydrogen) atoms. The zero-order valence-corrected chi connectivity index (χ0v) is 10.5. The number of ether oxygens (including phenoxy) is 2. The highest BCUT2D eigenvalue weighted by molar-refractivity contribution is 5.09. The van der Waals surface area contributed by atoms with E-state index in [1.807, 2.05) is 12.4 Å². The summed E-state index contributed by atoms with van der Waals surface area (Å²) in [5, 5.41) is 3.39. The molecule has 0 aliphatic carbocycles. The van der Waals surface area contributed by atoms with Gasteiger partial charge in [-0.25, -0.2) is 0 Å². The van der Waals surface area contributed by atoms with Gasteiger partial charge in [-0.1, -0.05) is 0 Å². The van der Waals surface area contributed by atoms with E-state index in [9.17, 15) is 0 Å². The molecule has 1 aromatic rings. The van der Waals surface area contributed by atoms with Gasteiger partial charge < -0.3 is 14.8 Å². The first-order valence-corrected chi connectivity index (χ1v) is 6.10. The van der Waals surface area contributed by atoms with E-state index >= 15 is 0 Å². The van der Waals surface area contributed by atoms with Crippen LogP contribution in [0.4, 0.5) is 0 Å². The van der Waals surface area contributed by atoms with Crippen LogP contribution < -0.4 is 5.32 Å². The fourth-order valence-electron chi connectivity index (χ4n) is 1.45. The van der Waals surface area contributed by atoms with E-state index < -0.39 is 0 Å². The molecule has 0 aliphatic heterocycles. The van der Waals surface area contributed by atoms with Gasteiger partial charge in [0.15, 0.2) is 0 Å². The Morgan fingerprint density at radius 3 is 2.71 bits per heavy atom. The molecular formula is C13H22N2O2. The lowest BCUT2D eigenvalue weighted by molar-refractivity contribution is 0.0695. The molecule has 0 saturated carbocycles. The highest BCUT2D eigenvalue weighted by Crippen LogP contribution is 1.95. The average molecular weight is 238 g/mol. The topological polar surface area (TPSA) is 43.4 Å². The number of hydrogen-bond acceptors (Lipinski definition) is 4. The molecule has 1 heterocycles. The summed E-state index contributed by atoms with van der Waals surface area (Å²) in [4.78, 5) is 3.99.